The minimum atomic E-state index is -0.175. The number of carbonyl (C=O) groups is 1. The van der Waals surface area contributed by atoms with Crippen molar-refractivity contribution in [1.29, 1.82) is 0 Å². The summed E-state index contributed by atoms with van der Waals surface area (Å²) in [5.74, 6) is 2.80. The van der Waals surface area contributed by atoms with E-state index in [9.17, 15) is 4.79 Å². The average molecular weight is 204 g/mol. The highest BCUT2D eigenvalue weighted by Gasteiger charge is 2.09. The van der Waals surface area contributed by atoms with Crippen LogP contribution < -0.4 is 5.32 Å². The second-order valence-electron chi connectivity index (χ2n) is 3.06. The lowest BCUT2D eigenvalue weighted by Gasteiger charge is -2.08. The smallest absolute Gasteiger partial charge is 0.273 e. The fraction of sp³-hybridized carbons (Fsp3) is 0.300. The van der Waals surface area contributed by atoms with Crippen LogP contribution in [0.2, 0.25) is 0 Å². The fourth-order valence-electron chi connectivity index (χ4n) is 0.911. The molecule has 1 rings (SSSR count). The molecule has 0 aromatic carbocycles. The highest BCUT2D eigenvalue weighted by molar-refractivity contribution is 5.91. The highest BCUT2D eigenvalue weighted by Crippen LogP contribution is 2.02. The van der Waals surface area contributed by atoms with Crippen molar-refractivity contribution in [3.63, 3.8) is 0 Å². The lowest BCUT2D eigenvalue weighted by Crippen LogP contribution is -2.23. The molecule has 0 spiro atoms. The van der Waals surface area contributed by atoms with E-state index in [4.69, 9.17) is 6.42 Å². The van der Waals surface area contributed by atoms with E-state index in [0.29, 0.717) is 18.1 Å². The van der Waals surface area contributed by atoms with Gasteiger partial charge >= 0.3 is 0 Å². The minimum Gasteiger partial charge on any atom is -0.358 e. The lowest BCUT2D eigenvalue weighted by molar-refractivity contribution is 0.0821. The van der Waals surface area contributed by atoms with Crippen LogP contribution in [0.25, 0.3) is 0 Å². The maximum atomic E-state index is 11.4. The van der Waals surface area contributed by atoms with Gasteiger partial charge in [0.05, 0.1) is 6.54 Å². The summed E-state index contributed by atoms with van der Waals surface area (Å²) < 4.78 is 0. The Labute approximate surface area is 88.5 Å². The molecular weight excluding hydrogens is 192 g/mol. The van der Waals surface area contributed by atoms with E-state index in [2.05, 4.69) is 21.4 Å². The topological polar surface area (TPSA) is 58.1 Å². The van der Waals surface area contributed by atoms with Crippen LogP contribution in [0.3, 0.4) is 0 Å². The van der Waals surface area contributed by atoms with Gasteiger partial charge in [0.2, 0.25) is 0 Å². The number of aromatic nitrogens is 2. The summed E-state index contributed by atoms with van der Waals surface area (Å²) in [6.07, 6.45) is 5.07. The largest absolute Gasteiger partial charge is 0.358 e. The monoisotopic (exact) mass is 204 g/mol. The number of carbonyl (C=O) groups excluding carboxylic acids is 1. The molecule has 0 saturated carbocycles. The molecule has 1 aromatic heterocycles. The summed E-state index contributed by atoms with van der Waals surface area (Å²) >= 11 is 0. The molecule has 0 radical (unpaired) electrons. The molecular formula is C10H12N4O. The summed E-state index contributed by atoms with van der Waals surface area (Å²) in [4.78, 5) is 12.9. The molecule has 1 aromatic rings. The van der Waals surface area contributed by atoms with Crippen LogP contribution in [0, 0.1) is 12.3 Å². The number of hydrogen-bond acceptors (Lipinski definition) is 4. The first-order chi connectivity index (χ1) is 7.15. The van der Waals surface area contributed by atoms with Crippen molar-refractivity contribution in [2.24, 2.45) is 0 Å². The average Bonchev–Trinajstić information content (AvgIpc) is 2.26. The van der Waals surface area contributed by atoms with Crippen LogP contribution in [-0.4, -0.2) is 41.6 Å². The summed E-state index contributed by atoms with van der Waals surface area (Å²) in [5, 5.41) is 10.5. The van der Waals surface area contributed by atoms with Gasteiger partial charge < -0.3 is 10.2 Å². The number of amides is 1. The molecule has 78 valence electrons. The quantitative estimate of drug-likeness (QED) is 0.716. The van der Waals surface area contributed by atoms with Gasteiger partial charge in [0, 0.05) is 14.1 Å². The molecule has 0 unspecified atom stereocenters. The Morgan fingerprint density at radius 3 is 2.73 bits per heavy atom. The van der Waals surface area contributed by atoms with Gasteiger partial charge in [0.1, 0.15) is 5.82 Å². The highest BCUT2D eigenvalue weighted by atomic mass is 16.2. The first-order valence-electron chi connectivity index (χ1n) is 4.38. The fourth-order valence-corrected chi connectivity index (χ4v) is 0.911. The predicted molar refractivity (Wildman–Crippen MR) is 57.4 cm³/mol. The number of nitrogens with zero attached hydrogens (tertiary/aromatic N) is 3. The standard InChI is InChI=1S/C10H12N4O/c1-4-7-11-9-6-5-8(12-13-9)10(15)14(2)3/h1,5-6H,7H2,2-3H3,(H,11,13). The Bertz CT molecular complexity index is 377. The van der Waals surface area contributed by atoms with E-state index in [1.54, 1.807) is 26.2 Å². The van der Waals surface area contributed by atoms with Gasteiger partial charge in [-0.15, -0.1) is 16.6 Å². The molecule has 0 aliphatic heterocycles. The van der Waals surface area contributed by atoms with Crippen molar-refractivity contribution in [3.8, 4) is 12.3 Å². The third-order valence-corrected chi connectivity index (χ3v) is 1.66. The molecule has 5 nitrogen and oxygen atoms in total. The van der Waals surface area contributed by atoms with Crippen molar-refractivity contribution >= 4 is 11.7 Å². The first-order valence-corrected chi connectivity index (χ1v) is 4.38. The SMILES string of the molecule is C#CCNc1ccc(C(=O)N(C)C)nn1. The van der Waals surface area contributed by atoms with Crippen LogP contribution in [0.4, 0.5) is 5.82 Å². The predicted octanol–water partition coefficient (Wildman–Crippen LogP) is 0.223. The molecule has 0 saturated heterocycles. The Morgan fingerprint density at radius 2 is 2.27 bits per heavy atom. The van der Waals surface area contributed by atoms with Gasteiger partial charge in [-0.3, -0.25) is 4.79 Å². The molecule has 1 N–H and O–H groups in total. The van der Waals surface area contributed by atoms with E-state index in [-0.39, 0.29) is 5.91 Å². The summed E-state index contributed by atoms with van der Waals surface area (Å²) in [5.41, 5.74) is 0.311. The lowest BCUT2D eigenvalue weighted by atomic mass is 10.3. The third kappa shape index (κ3) is 2.95. The Hall–Kier alpha value is -2.09. The van der Waals surface area contributed by atoms with Crippen LogP contribution in [0.1, 0.15) is 10.5 Å². The van der Waals surface area contributed by atoms with Crippen LogP contribution in [0.5, 0.6) is 0 Å². The van der Waals surface area contributed by atoms with Gasteiger partial charge in [0.15, 0.2) is 5.69 Å². The normalized spacial score (nSPS) is 9.13. The first kappa shape index (κ1) is 11.0. The number of rotatable bonds is 3. The molecule has 0 aliphatic rings. The third-order valence-electron chi connectivity index (χ3n) is 1.66. The molecule has 0 bridgehead atoms. The summed E-state index contributed by atoms with van der Waals surface area (Å²) in [6, 6.07) is 3.27. The van der Waals surface area contributed by atoms with E-state index < -0.39 is 0 Å². The Kier molecular flexibility index (Phi) is 3.63. The molecule has 1 amide bonds. The molecule has 1 heterocycles. The minimum absolute atomic E-state index is 0.175. The Balaban J connectivity index is 2.73. The van der Waals surface area contributed by atoms with E-state index in [0.717, 1.165) is 0 Å². The van der Waals surface area contributed by atoms with E-state index in [1.165, 1.54) is 4.90 Å². The van der Waals surface area contributed by atoms with Crippen molar-refractivity contribution in [3.05, 3.63) is 17.8 Å². The van der Waals surface area contributed by atoms with Crippen molar-refractivity contribution in [1.82, 2.24) is 15.1 Å². The molecule has 0 aliphatic carbocycles. The maximum Gasteiger partial charge on any atom is 0.273 e. The van der Waals surface area contributed by atoms with Gasteiger partial charge in [0.25, 0.3) is 5.91 Å². The van der Waals surface area contributed by atoms with Crippen molar-refractivity contribution in [2.75, 3.05) is 26.0 Å². The molecule has 15 heavy (non-hydrogen) atoms. The van der Waals surface area contributed by atoms with Crippen molar-refractivity contribution in [2.45, 2.75) is 0 Å². The maximum absolute atomic E-state index is 11.4. The second kappa shape index (κ2) is 4.96. The second-order valence-corrected chi connectivity index (χ2v) is 3.06. The number of nitrogens with one attached hydrogen (secondary N) is 1. The van der Waals surface area contributed by atoms with Gasteiger partial charge in [-0.05, 0) is 12.1 Å². The van der Waals surface area contributed by atoms with Crippen LogP contribution >= 0.6 is 0 Å². The molecule has 0 atom stereocenters. The number of anilines is 1. The van der Waals surface area contributed by atoms with Crippen LogP contribution in [-0.2, 0) is 0 Å². The Morgan fingerprint density at radius 1 is 1.53 bits per heavy atom. The zero-order chi connectivity index (χ0) is 11.3. The molecule has 5 heteroatoms. The van der Waals surface area contributed by atoms with Crippen LogP contribution in [0.15, 0.2) is 12.1 Å². The zero-order valence-electron chi connectivity index (χ0n) is 8.69. The van der Waals surface area contributed by atoms with Gasteiger partial charge in [-0.25, -0.2) is 0 Å². The van der Waals surface area contributed by atoms with E-state index in [1.807, 2.05) is 0 Å². The summed E-state index contributed by atoms with van der Waals surface area (Å²) in [6.45, 7) is 0.385. The zero-order valence-corrected chi connectivity index (χ0v) is 8.69. The van der Waals surface area contributed by atoms with Crippen molar-refractivity contribution < 1.29 is 4.79 Å². The summed E-state index contributed by atoms with van der Waals surface area (Å²) in [7, 11) is 3.32. The van der Waals surface area contributed by atoms with Gasteiger partial charge in [-0.2, -0.15) is 0 Å². The number of terminal acetylenes is 1. The molecule has 0 fully saturated rings. The van der Waals surface area contributed by atoms with E-state index >= 15 is 0 Å². The number of hydrogen-bond donors (Lipinski definition) is 1. The van der Waals surface area contributed by atoms with Gasteiger partial charge in [-0.1, -0.05) is 5.92 Å².